The van der Waals surface area contributed by atoms with Crippen molar-refractivity contribution in [2.75, 3.05) is 7.05 Å². The first kappa shape index (κ1) is 9.31. The summed E-state index contributed by atoms with van der Waals surface area (Å²) in [7, 11) is 1.76. The van der Waals surface area contributed by atoms with Crippen LogP contribution in [0, 0.1) is 0 Å². The Kier molecular flexibility index (Phi) is 5.30. The van der Waals surface area contributed by atoms with E-state index in [0.717, 1.165) is 0 Å². The van der Waals surface area contributed by atoms with Gasteiger partial charge in [-0.25, -0.2) is 0 Å². The maximum absolute atomic E-state index is 5.78. The number of hydrogen-bond donors (Lipinski definition) is 0. The molecule has 1 nitrogen and oxygen atoms in total. The quantitative estimate of drug-likeness (QED) is 0.356. The molecule has 0 amide bonds. The van der Waals surface area contributed by atoms with Gasteiger partial charge in [0.05, 0.1) is 5.55 Å². The minimum absolute atomic E-state index is 0.216. The molecule has 0 spiro atoms. The minimum Gasteiger partial charge on any atom is -0.290 e. The topological polar surface area (TPSA) is 12.4 Å². The van der Waals surface area contributed by atoms with Crippen molar-refractivity contribution < 1.29 is 0 Å². The third-order valence-electron chi connectivity index (χ3n) is 1.03. The molecule has 0 aromatic rings. The van der Waals surface area contributed by atoms with E-state index < -0.39 is 0 Å². The Morgan fingerprint density at radius 2 is 2.11 bits per heavy atom. The molecule has 0 saturated heterocycles. The number of alkyl halides is 1. The monoisotopic (exact) mass is 165 g/mol. The van der Waals surface area contributed by atoms with Crippen LogP contribution in [-0.2, 0) is 0 Å². The van der Waals surface area contributed by atoms with Gasteiger partial charge in [0.2, 0.25) is 0 Å². The Morgan fingerprint density at radius 3 is 2.44 bits per heavy atom. The fourth-order valence-corrected chi connectivity index (χ4v) is 0.974. The number of rotatable bonds is 3. The zero-order valence-electron chi connectivity index (χ0n) is 5.97. The van der Waals surface area contributed by atoms with Crippen molar-refractivity contribution in [3.63, 3.8) is 0 Å². The molecule has 54 valence electrons. The molecule has 0 aliphatic rings. The second-order valence-electron chi connectivity index (χ2n) is 1.88. The molecule has 1 unspecified atom stereocenters. The van der Waals surface area contributed by atoms with Crippen LogP contribution >= 0.6 is 23.4 Å². The molecule has 2 atom stereocenters. The zero-order chi connectivity index (χ0) is 7.28. The highest BCUT2D eigenvalue weighted by atomic mass is 35.5. The lowest BCUT2D eigenvalue weighted by molar-refractivity contribution is 0.920. The summed E-state index contributed by atoms with van der Waals surface area (Å²) >= 11 is 7.44. The van der Waals surface area contributed by atoms with Gasteiger partial charge in [0.1, 0.15) is 0 Å². The van der Waals surface area contributed by atoms with Crippen LogP contribution < -0.4 is 0 Å². The molecule has 0 aromatic carbocycles. The highest BCUT2D eigenvalue weighted by Crippen LogP contribution is 2.15. The number of halogens is 1. The minimum atomic E-state index is 0.216. The van der Waals surface area contributed by atoms with Gasteiger partial charge in [0.25, 0.3) is 0 Å². The molecule has 0 aromatic heterocycles. The lowest BCUT2D eigenvalue weighted by atomic mass is 10.4. The Balaban J connectivity index is 3.38. The van der Waals surface area contributed by atoms with Crippen molar-refractivity contribution in [3.05, 3.63) is 0 Å². The van der Waals surface area contributed by atoms with Crippen molar-refractivity contribution in [1.29, 1.82) is 0 Å². The second kappa shape index (κ2) is 5.12. The van der Waals surface area contributed by atoms with E-state index in [0.29, 0.717) is 5.25 Å². The molecule has 0 radical (unpaired) electrons. The summed E-state index contributed by atoms with van der Waals surface area (Å²) in [6.45, 7) is 4.08. The van der Waals surface area contributed by atoms with E-state index in [1.54, 1.807) is 18.8 Å². The van der Waals surface area contributed by atoms with Crippen molar-refractivity contribution in [3.8, 4) is 0 Å². The summed E-state index contributed by atoms with van der Waals surface area (Å²) in [5.74, 6) is 0. The van der Waals surface area contributed by atoms with Gasteiger partial charge in [0.15, 0.2) is 0 Å². The van der Waals surface area contributed by atoms with Crippen LogP contribution in [0.2, 0.25) is 0 Å². The highest BCUT2D eigenvalue weighted by molar-refractivity contribution is 8.12. The third kappa shape index (κ3) is 4.79. The van der Waals surface area contributed by atoms with Crippen molar-refractivity contribution >= 4 is 28.9 Å². The van der Waals surface area contributed by atoms with Crippen LogP contribution in [0.4, 0.5) is 0 Å². The maximum Gasteiger partial charge on any atom is 0.0540 e. The first-order chi connectivity index (χ1) is 4.18. The summed E-state index contributed by atoms with van der Waals surface area (Å²) in [4.78, 5) is 3.84. The summed E-state index contributed by atoms with van der Waals surface area (Å²) in [6, 6.07) is 0. The van der Waals surface area contributed by atoms with Gasteiger partial charge in [-0.05, 0) is 6.92 Å². The summed E-state index contributed by atoms with van der Waals surface area (Å²) in [5.41, 5.74) is 1.82. The first-order valence-corrected chi connectivity index (χ1v) is 4.26. The molecule has 0 aliphatic carbocycles. The van der Waals surface area contributed by atoms with Crippen LogP contribution in [0.3, 0.4) is 0 Å². The summed E-state index contributed by atoms with van der Waals surface area (Å²) in [5, 5.41) is 0.670. The molecule has 0 bridgehead atoms. The van der Waals surface area contributed by atoms with E-state index in [2.05, 4.69) is 11.9 Å². The number of aliphatic imine (C=N–C) groups is 1. The Hall–Kier alpha value is 0.310. The summed E-state index contributed by atoms with van der Waals surface area (Å²) in [6.07, 6.45) is 0. The molecule has 0 heterocycles. The van der Waals surface area contributed by atoms with E-state index >= 15 is 0 Å². The predicted molar refractivity (Wildman–Crippen MR) is 46.8 cm³/mol. The molecule has 3 heteroatoms. The first-order valence-electron chi connectivity index (χ1n) is 2.88. The Labute approximate surface area is 65.9 Å². The van der Waals surface area contributed by atoms with Gasteiger partial charge < -0.3 is 0 Å². The van der Waals surface area contributed by atoms with Crippen LogP contribution in [0.1, 0.15) is 13.8 Å². The van der Waals surface area contributed by atoms with E-state index in [4.69, 9.17) is 11.6 Å². The average molecular weight is 166 g/mol. The van der Waals surface area contributed by atoms with Gasteiger partial charge >= 0.3 is 0 Å². The molecule has 0 aliphatic heterocycles. The standard InChI is InChI=1S/C6H12ClNS/c1-5(7)6(2)9-4-8-3/h4-6H,1-3H3/b8-4-/t5?,6-/m1/s1. The lowest BCUT2D eigenvalue weighted by Gasteiger charge is -2.08. The molecule has 0 saturated carbocycles. The predicted octanol–water partition coefficient (Wildman–Crippen LogP) is 2.39. The molecular formula is C6H12ClNS. The Morgan fingerprint density at radius 1 is 1.56 bits per heavy atom. The van der Waals surface area contributed by atoms with Crippen LogP contribution in [-0.4, -0.2) is 23.2 Å². The van der Waals surface area contributed by atoms with E-state index in [1.165, 1.54) is 0 Å². The highest BCUT2D eigenvalue weighted by Gasteiger charge is 2.06. The van der Waals surface area contributed by atoms with Gasteiger partial charge in [-0.1, -0.05) is 6.92 Å². The molecular weight excluding hydrogens is 154 g/mol. The van der Waals surface area contributed by atoms with E-state index in [9.17, 15) is 0 Å². The second-order valence-corrected chi connectivity index (χ2v) is 3.80. The number of nitrogens with zero attached hydrogens (tertiary/aromatic N) is 1. The summed E-state index contributed by atoms with van der Waals surface area (Å²) < 4.78 is 0. The Bertz CT molecular complexity index is 93.1. The largest absolute Gasteiger partial charge is 0.290 e. The lowest BCUT2D eigenvalue weighted by Crippen LogP contribution is -2.08. The number of hydrogen-bond acceptors (Lipinski definition) is 2. The number of thioether (sulfide) groups is 1. The van der Waals surface area contributed by atoms with Crippen molar-refractivity contribution in [1.82, 2.24) is 0 Å². The fraction of sp³-hybridized carbons (Fsp3) is 0.833. The van der Waals surface area contributed by atoms with Crippen molar-refractivity contribution in [2.24, 2.45) is 4.99 Å². The van der Waals surface area contributed by atoms with Gasteiger partial charge in [-0.15, -0.1) is 23.4 Å². The molecule has 0 fully saturated rings. The van der Waals surface area contributed by atoms with Crippen LogP contribution in [0.15, 0.2) is 4.99 Å². The van der Waals surface area contributed by atoms with E-state index in [-0.39, 0.29) is 5.38 Å². The molecule has 9 heavy (non-hydrogen) atoms. The maximum atomic E-state index is 5.78. The smallest absolute Gasteiger partial charge is 0.0540 e. The van der Waals surface area contributed by atoms with Gasteiger partial charge in [-0.2, -0.15) is 0 Å². The zero-order valence-corrected chi connectivity index (χ0v) is 7.54. The molecule has 0 N–H and O–H groups in total. The van der Waals surface area contributed by atoms with Gasteiger partial charge in [0, 0.05) is 17.7 Å². The fourth-order valence-electron chi connectivity index (χ4n) is 0.265. The molecule has 0 rings (SSSR count). The van der Waals surface area contributed by atoms with Crippen LogP contribution in [0.25, 0.3) is 0 Å². The van der Waals surface area contributed by atoms with Gasteiger partial charge in [-0.3, -0.25) is 4.99 Å². The average Bonchev–Trinajstić information content (AvgIpc) is 1.82. The van der Waals surface area contributed by atoms with Crippen LogP contribution in [0.5, 0.6) is 0 Å². The van der Waals surface area contributed by atoms with E-state index in [1.807, 2.05) is 12.5 Å². The SMILES string of the molecule is C/N=C\S[C@H](C)C(C)Cl. The normalized spacial score (nSPS) is 18.2. The third-order valence-corrected chi connectivity index (χ3v) is 2.73. The van der Waals surface area contributed by atoms with Crippen molar-refractivity contribution in [2.45, 2.75) is 24.5 Å².